The van der Waals surface area contributed by atoms with Gasteiger partial charge in [-0.1, -0.05) is 66.2 Å². The minimum Gasteiger partial charge on any atom is -0.468 e. The first-order valence-electron chi connectivity index (χ1n) is 11.7. The number of carbonyl (C=O) groups is 3. The van der Waals surface area contributed by atoms with Crippen molar-refractivity contribution in [3.05, 3.63) is 82.9 Å². The molecule has 2 aromatic carbocycles. The van der Waals surface area contributed by atoms with Gasteiger partial charge in [-0.15, -0.1) is 0 Å². The molecule has 2 aliphatic carbocycles. The number of hydrogen-bond acceptors (Lipinski definition) is 6. The Morgan fingerprint density at radius 3 is 2.12 bits per heavy atom. The van der Waals surface area contributed by atoms with E-state index in [9.17, 15) is 14.4 Å². The molecule has 0 spiro atoms. The second-order valence-corrected chi connectivity index (χ2v) is 8.89. The lowest BCUT2D eigenvalue weighted by molar-refractivity contribution is -0.168. The second-order valence-electron chi connectivity index (χ2n) is 8.89. The maximum atomic E-state index is 13.4. The van der Waals surface area contributed by atoms with E-state index in [1.54, 1.807) is 0 Å². The molecule has 4 rings (SSSR count). The fourth-order valence-corrected chi connectivity index (χ4v) is 5.59. The summed E-state index contributed by atoms with van der Waals surface area (Å²) in [6.07, 6.45) is 2.96. The number of benzene rings is 2. The van der Waals surface area contributed by atoms with Crippen molar-refractivity contribution < 1.29 is 28.6 Å². The fourth-order valence-electron chi connectivity index (χ4n) is 5.59. The van der Waals surface area contributed by atoms with Gasteiger partial charge >= 0.3 is 17.9 Å². The van der Waals surface area contributed by atoms with Crippen LogP contribution in [0, 0.1) is 11.3 Å². The van der Waals surface area contributed by atoms with Gasteiger partial charge in [0, 0.05) is 5.92 Å². The zero-order valence-corrected chi connectivity index (χ0v) is 19.6. The van der Waals surface area contributed by atoms with E-state index in [4.69, 9.17) is 14.2 Å². The van der Waals surface area contributed by atoms with Gasteiger partial charge in [-0.05, 0) is 48.8 Å². The first-order valence-corrected chi connectivity index (χ1v) is 11.7. The Hall–Kier alpha value is -3.41. The number of carbonyl (C=O) groups excluding carboxylic acids is 3. The van der Waals surface area contributed by atoms with E-state index >= 15 is 0 Å². The highest BCUT2D eigenvalue weighted by Crippen LogP contribution is 2.56. The summed E-state index contributed by atoms with van der Waals surface area (Å²) >= 11 is 0. The van der Waals surface area contributed by atoms with Crippen LogP contribution in [-0.4, -0.2) is 32.1 Å². The summed E-state index contributed by atoms with van der Waals surface area (Å²) < 4.78 is 16.1. The molecule has 0 aliphatic heterocycles. The molecule has 0 amide bonds. The molecule has 0 heterocycles. The number of ether oxygens (including phenoxy) is 3. The van der Waals surface area contributed by atoms with Crippen LogP contribution in [0.15, 0.2) is 71.8 Å². The Balaban J connectivity index is 1.78. The number of allylic oxidation sites excluding steroid dienone is 1. The SMILES string of the molecule is COC(=O)C1(C(=O)OC)CCCC2=C1[C@@H](c1ccccc1)[C@@H](C(=O)OCc1ccccc1)CC2. The van der Waals surface area contributed by atoms with Crippen LogP contribution >= 0.6 is 0 Å². The van der Waals surface area contributed by atoms with Gasteiger partial charge in [-0.3, -0.25) is 14.4 Å². The molecule has 0 saturated heterocycles. The van der Waals surface area contributed by atoms with Crippen LogP contribution < -0.4 is 0 Å². The third kappa shape index (κ3) is 4.25. The second kappa shape index (κ2) is 10.2. The van der Waals surface area contributed by atoms with Gasteiger partial charge in [0.05, 0.1) is 20.1 Å². The summed E-state index contributed by atoms with van der Waals surface area (Å²) in [4.78, 5) is 39.9. The van der Waals surface area contributed by atoms with E-state index in [0.29, 0.717) is 31.3 Å². The average molecular weight is 463 g/mol. The highest BCUT2D eigenvalue weighted by Gasteiger charge is 2.58. The van der Waals surface area contributed by atoms with E-state index in [1.165, 1.54) is 14.2 Å². The van der Waals surface area contributed by atoms with Crippen molar-refractivity contribution in [2.75, 3.05) is 14.2 Å². The van der Waals surface area contributed by atoms with E-state index in [-0.39, 0.29) is 12.6 Å². The summed E-state index contributed by atoms with van der Waals surface area (Å²) in [5, 5.41) is 0. The molecule has 0 bridgehead atoms. The van der Waals surface area contributed by atoms with Crippen molar-refractivity contribution in [3.63, 3.8) is 0 Å². The topological polar surface area (TPSA) is 78.9 Å². The summed E-state index contributed by atoms with van der Waals surface area (Å²) in [6.45, 7) is 0.169. The average Bonchev–Trinajstić information content (AvgIpc) is 2.90. The quantitative estimate of drug-likeness (QED) is 0.267. The molecule has 2 atom stereocenters. The molecule has 2 aromatic rings. The molecule has 0 saturated carbocycles. The first kappa shape index (κ1) is 23.7. The van der Waals surface area contributed by atoms with Gasteiger partial charge in [0.2, 0.25) is 0 Å². The third-order valence-electron chi connectivity index (χ3n) is 7.09. The Kier molecular flexibility index (Phi) is 7.15. The lowest BCUT2D eigenvalue weighted by Crippen LogP contribution is -2.49. The highest BCUT2D eigenvalue weighted by atomic mass is 16.5. The minimum absolute atomic E-state index is 0.169. The Morgan fingerprint density at radius 2 is 1.50 bits per heavy atom. The zero-order chi connectivity index (χ0) is 24.1. The number of methoxy groups -OCH3 is 2. The Morgan fingerprint density at radius 1 is 0.882 bits per heavy atom. The van der Waals surface area contributed by atoms with Crippen LogP contribution in [0.5, 0.6) is 0 Å². The molecule has 2 aliphatic rings. The lowest BCUT2D eigenvalue weighted by Gasteiger charge is -2.45. The predicted molar refractivity (Wildman–Crippen MR) is 125 cm³/mol. The van der Waals surface area contributed by atoms with Gasteiger partial charge in [-0.25, -0.2) is 0 Å². The smallest absolute Gasteiger partial charge is 0.327 e. The normalized spacial score (nSPS) is 21.2. The molecule has 0 aromatic heterocycles. The van der Waals surface area contributed by atoms with Crippen molar-refractivity contribution in [2.45, 2.75) is 44.6 Å². The van der Waals surface area contributed by atoms with Gasteiger partial charge in [0.25, 0.3) is 0 Å². The minimum atomic E-state index is -1.56. The van der Waals surface area contributed by atoms with Crippen molar-refractivity contribution >= 4 is 17.9 Å². The largest absolute Gasteiger partial charge is 0.468 e. The van der Waals surface area contributed by atoms with E-state index in [0.717, 1.165) is 23.1 Å². The Bertz CT molecular complexity index is 1060. The number of esters is 3. The monoisotopic (exact) mass is 462 g/mol. The molecule has 6 heteroatoms. The molecule has 178 valence electrons. The Labute approximate surface area is 199 Å². The van der Waals surface area contributed by atoms with Crippen LogP contribution in [0.4, 0.5) is 0 Å². The maximum absolute atomic E-state index is 13.4. The van der Waals surface area contributed by atoms with E-state index < -0.39 is 29.2 Å². The van der Waals surface area contributed by atoms with Gasteiger partial charge < -0.3 is 14.2 Å². The fraction of sp³-hybridized carbons (Fsp3) is 0.393. The van der Waals surface area contributed by atoms with Crippen LogP contribution in [-0.2, 0) is 35.2 Å². The van der Waals surface area contributed by atoms with Crippen molar-refractivity contribution in [2.24, 2.45) is 11.3 Å². The molecule has 0 radical (unpaired) electrons. The van der Waals surface area contributed by atoms with Gasteiger partial charge in [-0.2, -0.15) is 0 Å². The third-order valence-corrected chi connectivity index (χ3v) is 7.09. The van der Waals surface area contributed by atoms with Crippen LogP contribution in [0.2, 0.25) is 0 Å². The van der Waals surface area contributed by atoms with Crippen molar-refractivity contribution in [1.29, 1.82) is 0 Å². The lowest BCUT2D eigenvalue weighted by atomic mass is 9.58. The first-order chi connectivity index (χ1) is 16.5. The molecular weight excluding hydrogens is 432 g/mol. The molecule has 34 heavy (non-hydrogen) atoms. The summed E-state index contributed by atoms with van der Waals surface area (Å²) in [5.74, 6) is -2.61. The molecule has 0 unspecified atom stereocenters. The number of rotatable bonds is 6. The molecule has 0 N–H and O–H groups in total. The van der Waals surface area contributed by atoms with Crippen molar-refractivity contribution in [1.82, 2.24) is 0 Å². The summed E-state index contributed by atoms with van der Waals surface area (Å²) in [7, 11) is 2.57. The highest BCUT2D eigenvalue weighted by molar-refractivity contribution is 6.04. The standard InChI is InChI=1S/C28H30O6/c1-32-26(30)28(27(31)33-2)17-9-14-21-15-16-22(23(24(21)28)20-12-7-4-8-13-20)25(29)34-18-19-10-5-3-6-11-19/h3-8,10-13,22-23H,9,14-18H2,1-2H3/t22-,23-/m0/s1. The molecule has 0 fully saturated rings. The van der Waals surface area contributed by atoms with Gasteiger partial charge in [0.1, 0.15) is 6.61 Å². The van der Waals surface area contributed by atoms with E-state index in [2.05, 4.69) is 0 Å². The maximum Gasteiger partial charge on any atom is 0.327 e. The van der Waals surface area contributed by atoms with E-state index in [1.807, 2.05) is 60.7 Å². The summed E-state index contributed by atoms with van der Waals surface area (Å²) in [6, 6.07) is 19.1. The van der Waals surface area contributed by atoms with Crippen LogP contribution in [0.3, 0.4) is 0 Å². The van der Waals surface area contributed by atoms with Crippen LogP contribution in [0.1, 0.15) is 49.1 Å². The zero-order valence-electron chi connectivity index (χ0n) is 19.6. The van der Waals surface area contributed by atoms with Crippen LogP contribution in [0.25, 0.3) is 0 Å². The molecular formula is C28H30O6. The predicted octanol–water partition coefficient (Wildman–Crippen LogP) is 4.74. The summed E-state index contributed by atoms with van der Waals surface area (Å²) in [5.41, 5.74) is 1.92. The molecule has 6 nitrogen and oxygen atoms in total. The van der Waals surface area contributed by atoms with Crippen molar-refractivity contribution in [3.8, 4) is 0 Å². The number of hydrogen-bond donors (Lipinski definition) is 0. The van der Waals surface area contributed by atoms with Gasteiger partial charge in [0.15, 0.2) is 5.41 Å².